The average Bonchev–Trinajstić information content (AvgIpc) is 2.04. The minimum Gasteiger partial charge on any atom is -0.383 e. The Morgan fingerprint density at radius 1 is 1.15 bits per heavy atom. The molecule has 0 aliphatic rings. The lowest BCUT2D eigenvalue weighted by Gasteiger charge is -2.08. The fourth-order valence-electron chi connectivity index (χ4n) is 1.28. The van der Waals surface area contributed by atoms with Gasteiger partial charge in [-0.15, -0.1) is 0 Å². The molecule has 1 aromatic carbocycles. The third-order valence-electron chi connectivity index (χ3n) is 1.96. The Balaban J connectivity index is 2.89. The Bertz CT molecular complexity index is 293. The molecule has 0 radical (unpaired) electrons. The fourth-order valence-corrected chi connectivity index (χ4v) is 1.28. The number of nitrogens with zero attached hydrogens (tertiary/aromatic N) is 1. The molecule has 0 N–H and O–H groups in total. The van der Waals surface area contributed by atoms with Crippen molar-refractivity contribution in [3.8, 4) is 0 Å². The van der Waals surface area contributed by atoms with Crippen molar-refractivity contribution in [2.75, 3.05) is 14.1 Å². The summed E-state index contributed by atoms with van der Waals surface area (Å²) in [5.74, 6) is 0. The minimum absolute atomic E-state index is 1.29. The molecular weight excluding hydrogens is 158 g/mol. The Kier molecular flexibility index (Phi) is 3.13. The largest absolute Gasteiger partial charge is 0.383 e. The summed E-state index contributed by atoms with van der Waals surface area (Å²) in [5, 5.41) is 0. The molecule has 1 aromatic rings. The number of allylic oxidation sites excluding steroid dienone is 1. The van der Waals surface area contributed by atoms with Crippen LogP contribution in [0, 0.1) is 6.92 Å². The van der Waals surface area contributed by atoms with Gasteiger partial charge in [-0.3, -0.25) is 0 Å². The van der Waals surface area contributed by atoms with Gasteiger partial charge in [-0.2, -0.15) is 0 Å². The molecule has 0 saturated carbocycles. The van der Waals surface area contributed by atoms with Crippen LogP contribution in [0.25, 0.3) is 5.57 Å². The second-order valence-electron chi connectivity index (χ2n) is 3.64. The molecule has 1 nitrogen and oxygen atoms in total. The zero-order valence-corrected chi connectivity index (χ0v) is 8.83. The van der Waals surface area contributed by atoms with E-state index >= 15 is 0 Å². The molecule has 0 atom stereocenters. The van der Waals surface area contributed by atoms with Crippen molar-refractivity contribution in [2.24, 2.45) is 0 Å². The highest BCUT2D eigenvalue weighted by molar-refractivity contribution is 5.63. The molecule has 13 heavy (non-hydrogen) atoms. The van der Waals surface area contributed by atoms with Crippen LogP contribution in [0.5, 0.6) is 0 Å². The maximum absolute atomic E-state index is 2.16. The molecule has 0 aromatic heterocycles. The summed E-state index contributed by atoms with van der Waals surface area (Å²) in [6.45, 7) is 4.24. The SMILES string of the molecule is C/C(=C\N(C)C)c1ccc(C)cc1. The van der Waals surface area contributed by atoms with Crippen molar-refractivity contribution in [2.45, 2.75) is 13.8 Å². The molecular formula is C12H17N. The lowest BCUT2D eigenvalue weighted by Crippen LogP contribution is -2.01. The standard InChI is InChI=1S/C12H17N/c1-10-5-7-12(8-6-10)11(2)9-13(3)4/h5-9H,1-4H3/b11-9+. The second kappa shape index (κ2) is 4.13. The quantitative estimate of drug-likeness (QED) is 0.668. The van der Waals surface area contributed by atoms with Gasteiger partial charge in [0.1, 0.15) is 0 Å². The van der Waals surface area contributed by atoms with Crippen molar-refractivity contribution in [1.82, 2.24) is 4.90 Å². The van der Waals surface area contributed by atoms with E-state index in [9.17, 15) is 0 Å². The number of aryl methyl sites for hydroxylation is 1. The van der Waals surface area contributed by atoms with Crippen LogP contribution in [0.2, 0.25) is 0 Å². The minimum atomic E-state index is 1.29. The Morgan fingerprint density at radius 2 is 1.69 bits per heavy atom. The van der Waals surface area contributed by atoms with Crippen molar-refractivity contribution >= 4 is 5.57 Å². The molecule has 0 fully saturated rings. The molecule has 0 aliphatic heterocycles. The van der Waals surface area contributed by atoms with E-state index < -0.39 is 0 Å². The van der Waals surface area contributed by atoms with Crippen LogP contribution in [0.1, 0.15) is 18.1 Å². The van der Waals surface area contributed by atoms with E-state index in [4.69, 9.17) is 0 Å². The normalized spacial score (nSPS) is 11.5. The van der Waals surface area contributed by atoms with Gasteiger partial charge in [-0.25, -0.2) is 0 Å². The molecule has 0 amide bonds. The van der Waals surface area contributed by atoms with Gasteiger partial charge in [0.15, 0.2) is 0 Å². The first-order valence-corrected chi connectivity index (χ1v) is 4.51. The zero-order chi connectivity index (χ0) is 9.84. The number of hydrogen-bond donors (Lipinski definition) is 0. The van der Waals surface area contributed by atoms with Crippen LogP contribution >= 0.6 is 0 Å². The number of hydrogen-bond acceptors (Lipinski definition) is 1. The molecule has 0 aliphatic carbocycles. The van der Waals surface area contributed by atoms with Crippen molar-refractivity contribution < 1.29 is 0 Å². The summed E-state index contributed by atoms with van der Waals surface area (Å²) in [4.78, 5) is 2.06. The molecule has 0 unspecified atom stereocenters. The van der Waals surface area contributed by atoms with Gasteiger partial charge >= 0.3 is 0 Å². The van der Waals surface area contributed by atoms with Crippen LogP contribution in [0.3, 0.4) is 0 Å². The fraction of sp³-hybridized carbons (Fsp3) is 0.333. The summed E-state index contributed by atoms with van der Waals surface area (Å²) >= 11 is 0. The summed E-state index contributed by atoms with van der Waals surface area (Å²) in [6, 6.07) is 8.60. The van der Waals surface area contributed by atoms with Gasteiger partial charge in [0.2, 0.25) is 0 Å². The Hall–Kier alpha value is -1.24. The van der Waals surface area contributed by atoms with E-state index in [1.54, 1.807) is 0 Å². The van der Waals surface area contributed by atoms with E-state index in [-0.39, 0.29) is 0 Å². The summed E-state index contributed by atoms with van der Waals surface area (Å²) in [5.41, 5.74) is 3.89. The van der Waals surface area contributed by atoms with E-state index in [0.29, 0.717) is 0 Å². The van der Waals surface area contributed by atoms with Gasteiger partial charge in [-0.1, -0.05) is 29.8 Å². The highest BCUT2D eigenvalue weighted by Gasteiger charge is 1.94. The van der Waals surface area contributed by atoms with Gasteiger partial charge in [0, 0.05) is 20.3 Å². The van der Waals surface area contributed by atoms with Gasteiger partial charge < -0.3 is 4.90 Å². The van der Waals surface area contributed by atoms with E-state index in [1.807, 2.05) is 14.1 Å². The second-order valence-corrected chi connectivity index (χ2v) is 3.64. The van der Waals surface area contributed by atoms with Crippen LogP contribution in [-0.2, 0) is 0 Å². The predicted molar refractivity (Wildman–Crippen MR) is 58.5 cm³/mol. The lowest BCUT2D eigenvalue weighted by molar-refractivity contribution is 0.565. The molecule has 0 heterocycles. The molecule has 70 valence electrons. The topological polar surface area (TPSA) is 3.24 Å². The molecule has 0 saturated heterocycles. The Morgan fingerprint density at radius 3 is 2.15 bits per heavy atom. The summed E-state index contributed by atoms with van der Waals surface area (Å²) in [7, 11) is 4.08. The highest BCUT2D eigenvalue weighted by Crippen LogP contribution is 2.14. The zero-order valence-electron chi connectivity index (χ0n) is 8.83. The lowest BCUT2D eigenvalue weighted by atomic mass is 10.1. The highest BCUT2D eigenvalue weighted by atomic mass is 15.0. The van der Waals surface area contributed by atoms with Crippen LogP contribution < -0.4 is 0 Å². The molecule has 0 bridgehead atoms. The van der Waals surface area contributed by atoms with Crippen molar-refractivity contribution in [1.29, 1.82) is 0 Å². The van der Waals surface area contributed by atoms with Crippen LogP contribution in [0.15, 0.2) is 30.5 Å². The van der Waals surface area contributed by atoms with E-state index in [2.05, 4.69) is 49.2 Å². The smallest absolute Gasteiger partial charge is 0.00557 e. The van der Waals surface area contributed by atoms with Crippen molar-refractivity contribution in [3.05, 3.63) is 41.6 Å². The number of benzene rings is 1. The van der Waals surface area contributed by atoms with Gasteiger partial charge in [0.25, 0.3) is 0 Å². The first-order valence-electron chi connectivity index (χ1n) is 4.51. The van der Waals surface area contributed by atoms with Crippen LogP contribution in [0.4, 0.5) is 0 Å². The molecule has 1 heteroatoms. The van der Waals surface area contributed by atoms with E-state index in [1.165, 1.54) is 16.7 Å². The Labute approximate surface area is 80.7 Å². The van der Waals surface area contributed by atoms with Crippen LogP contribution in [-0.4, -0.2) is 19.0 Å². The van der Waals surface area contributed by atoms with Crippen molar-refractivity contribution in [3.63, 3.8) is 0 Å². The average molecular weight is 175 g/mol. The maximum atomic E-state index is 2.16. The van der Waals surface area contributed by atoms with Gasteiger partial charge in [0.05, 0.1) is 0 Å². The molecule has 1 rings (SSSR count). The summed E-state index contributed by atoms with van der Waals surface area (Å²) in [6.07, 6.45) is 2.13. The van der Waals surface area contributed by atoms with E-state index in [0.717, 1.165) is 0 Å². The number of rotatable bonds is 2. The predicted octanol–water partition coefficient (Wildman–Crippen LogP) is 2.92. The maximum Gasteiger partial charge on any atom is 0.00557 e. The first kappa shape index (κ1) is 9.85. The third kappa shape index (κ3) is 2.94. The summed E-state index contributed by atoms with van der Waals surface area (Å²) < 4.78 is 0. The molecule has 0 spiro atoms. The monoisotopic (exact) mass is 175 g/mol. The third-order valence-corrected chi connectivity index (χ3v) is 1.96. The van der Waals surface area contributed by atoms with Gasteiger partial charge in [-0.05, 0) is 25.0 Å². The first-order chi connectivity index (χ1) is 6.09.